The second-order valence-corrected chi connectivity index (χ2v) is 8.69. The number of hydrogen-bond acceptors (Lipinski definition) is 4. The summed E-state index contributed by atoms with van der Waals surface area (Å²) in [7, 11) is 0. The van der Waals surface area contributed by atoms with E-state index in [1.165, 1.54) is 23.4 Å². The van der Waals surface area contributed by atoms with Gasteiger partial charge in [0.2, 0.25) is 0 Å². The van der Waals surface area contributed by atoms with Gasteiger partial charge in [0, 0.05) is 19.7 Å². The summed E-state index contributed by atoms with van der Waals surface area (Å²) in [5, 5.41) is 19.8. The van der Waals surface area contributed by atoms with Crippen LogP contribution in [0.4, 0.5) is 5.82 Å². The van der Waals surface area contributed by atoms with Crippen LogP contribution < -0.4 is 4.90 Å². The van der Waals surface area contributed by atoms with Gasteiger partial charge in [-0.05, 0) is 67.2 Å². The van der Waals surface area contributed by atoms with E-state index in [0.29, 0.717) is 0 Å². The first-order valence-electron chi connectivity index (χ1n) is 10.4. The van der Waals surface area contributed by atoms with E-state index in [9.17, 15) is 10.4 Å². The fraction of sp³-hybridized carbons (Fsp3) is 0.478. The second-order valence-electron chi connectivity index (χ2n) is 8.69. The number of aliphatic hydroxyl groups is 1. The van der Waals surface area contributed by atoms with Crippen molar-refractivity contribution in [1.29, 1.82) is 5.26 Å². The van der Waals surface area contributed by atoms with Gasteiger partial charge in [-0.2, -0.15) is 5.26 Å². The summed E-state index contributed by atoms with van der Waals surface area (Å²) in [4.78, 5) is 7.34. The topological polar surface area (TPSA) is 64.6 Å². The number of nitrogens with zero attached hydrogens (tertiary/aromatic N) is 4. The lowest BCUT2D eigenvalue weighted by Gasteiger charge is -2.41. The zero-order chi connectivity index (χ0) is 19.3. The quantitative estimate of drug-likeness (QED) is 0.740. The number of rotatable bonds is 2. The van der Waals surface area contributed by atoms with Gasteiger partial charge in [-0.25, -0.2) is 4.98 Å². The van der Waals surface area contributed by atoms with Crippen molar-refractivity contribution >= 4 is 22.5 Å². The molecule has 1 N–H and O–H groups in total. The third-order valence-corrected chi connectivity index (χ3v) is 6.80. The van der Waals surface area contributed by atoms with Crippen LogP contribution in [0.1, 0.15) is 49.3 Å². The highest BCUT2D eigenvalue weighted by Gasteiger charge is 2.33. The van der Waals surface area contributed by atoms with Gasteiger partial charge in [0.25, 0.3) is 0 Å². The molecule has 1 saturated heterocycles. The lowest BCUT2D eigenvalue weighted by Crippen LogP contribution is -2.42. The van der Waals surface area contributed by atoms with Crippen molar-refractivity contribution in [3.05, 3.63) is 41.0 Å². The summed E-state index contributed by atoms with van der Waals surface area (Å²) in [6, 6.07) is 10.7. The molecule has 28 heavy (non-hydrogen) atoms. The Kier molecular flexibility index (Phi) is 4.06. The Bertz CT molecular complexity index is 1100. The Hall–Kier alpha value is -2.58. The van der Waals surface area contributed by atoms with Crippen LogP contribution in [0.3, 0.4) is 0 Å². The summed E-state index contributed by atoms with van der Waals surface area (Å²) in [5.41, 5.74) is 6.14. The third-order valence-electron chi connectivity index (χ3n) is 6.80. The normalized spacial score (nSPS) is 19.0. The van der Waals surface area contributed by atoms with Gasteiger partial charge < -0.3 is 10.0 Å². The molecule has 1 aromatic carbocycles. The number of nitriles is 1. The highest BCUT2D eigenvalue weighted by atomic mass is 16.3. The largest absolute Gasteiger partial charge is 0.396 e. The molecule has 1 aliphatic carbocycles. The molecule has 5 rings (SSSR count). The van der Waals surface area contributed by atoms with Gasteiger partial charge in [0.05, 0.1) is 16.6 Å². The molecule has 0 bridgehead atoms. The lowest BCUT2D eigenvalue weighted by atomic mass is 9.81. The van der Waals surface area contributed by atoms with Gasteiger partial charge >= 0.3 is 0 Å². The molecule has 0 unspecified atom stereocenters. The van der Waals surface area contributed by atoms with Crippen molar-refractivity contribution in [2.75, 3.05) is 24.6 Å². The fourth-order valence-corrected chi connectivity index (χ4v) is 4.97. The number of aromatic nitrogens is 2. The third kappa shape index (κ3) is 2.51. The van der Waals surface area contributed by atoms with Crippen LogP contribution in [0, 0.1) is 16.7 Å². The minimum absolute atomic E-state index is 0.0132. The molecule has 1 fully saturated rings. The van der Waals surface area contributed by atoms with Crippen molar-refractivity contribution in [2.45, 2.75) is 45.4 Å². The number of pyridine rings is 1. The fourth-order valence-electron chi connectivity index (χ4n) is 4.97. The number of imidazole rings is 1. The maximum absolute atomic E-state index is 9.97. The van der Waals surface area contributed by atoms with Crippen molar-refractivity contribution in [3.63, 3.8) is 0 Å². The molecule has 5 nitrogen and oxygen atoms in total. The number of benzene rings is 1. The van der Waals surface area contributed by atoms with Crippen LogP contribution in [-0.4, -0.2) is 34.2 Å². The van der Waals surface area contributed by atoms with E-state index in [0.717, 1.165) is 67.4 Å². The average Bonchev–Trinajstić information content (AvgIpc) is 3.12. The Labute approximate surface area is 165 Å². The molecule has 0 atom stereocenters. The number of para-hydroxylation sites is 2. The van der Waals surface area contributed by atoms with Crippen molar-refractivity contribution in [2.24, 2.45) is 5.41 Å². The first kappa shape index (κ1) is 17.5. The van der Waals surface area contributed by atoms with Crippen molar-refractivity contribution < 1.29 is 5.11 Å². The Balaban J connectivity index is 1.79. The van der Waals surface area contributed by atoms with Gasteiger partial charge in [0.15, 0.2) is 5.65 Å². The standard InChI is InChI=1S/C23H26N4O/c1-23(15-28)10-12-26(13-11-23)22-17-7-3-2-6-16(17)18(14-24)21-25-19-8-4-5-9-20(19)27(21)22/h4-5,8-9,28H,2-3,6-7,10-13,15H2,1H3. The zero-order valence-electron chi connectivity index (χ0n) is 16.4. The molecule has 1 aliphatic heterocycles. The maximum atomic E-state index is 9.97. The van der Waals surface area contributed by atoms with E-state index in [-0.39, 0.29) is 12.0 Å². The summed E-state index contributed by atoms with van der Waals surface area (Å²) in [6.07, 6.45) is 6.26. The van der Waals surface area contributed by atoms with Gasteiger partial charge in [-0.3, -0.25) is 4.40 Å². The molecule has 2 aromatic heterocycles. The molecule has 3 heterocycles. The number of fused-ring (bicyclic) bond motifs is 4. The van der Waals surface area contributed by atoms with Crippen molar-refractivity contribution in [3.8, 4) is 6.07 Å². The van der Waals surface area contributed by atoms with E-state index < -0.39 is 0 Å². The first-order valence-corrected chi connectivity index (χ1v) is 10.4. The number of hydrogen-bond donors (Lipinski definition) is 1. The van der Waals surface area contributed by atoms with Crippen LogP contribution in [0.25, 0.3) is 16.7 Å². The zero-order valence-corrected chi connectivity index (χ0v) is 16.4. The Morgan fingerprint density at radius 1 is 1.14 bits per heavy atom. The molecular formula is C23H26N4O. The van der Waals surface area contributed by atoms with Gasteiger partial charge in [0.1, 0.15) is 11.9 Å². The first-order chi connectivity index (χ1) is 13.6. The lowest BCUT2D eigenvalue weighted by molar-refractivity contribution is 0.114. The van der Waals surface area contributed by atoms with Crippen LogP contribution in [0.5, 0.6) is 0 Å². The maximum Gasteiger partial charge on any atom is 0.157 e. The van der Waals surface area contributed by atoms with Crippen LogP contribution >= 0.6 is 0 Å². The van der Waals surface area contributed by atoms with Crippen LogP contribution in [0.2, 0.25) is 0 Å². The SMILES string of the molecule is CC1(CO)CCN(c2c3c(c(C#N)c4nc5ccccc5n24)CCCC3)CC1. The highest BCUT2D eigenvalue weighted by molar-refractivity contribution is 5.86. The minimum atomic E-state index is 0.0132. The monoisotopic (exact) mass is 374 g/mol. The average molecular weight is 374 g/mol. The molecule has 0 spiro atoms. The van der Waals surface area contributed by atoms with E-state index in [1.807, 2.05) is 18.2 Å². The molecule has 2 aliphatic rings. The van der Waals surface area contributed by atoms with Gasteiger partial charge in [-0.1, -0.05) is 19.1 Å². The molecule has 3 aromatic rings. The molecule has 0 amide bonds. The summed E-state index contributed by atoms with van der Waals surface area (Å²) in [5.74, 6) is 1.23. The van der Waals surface area contributed by atoms with E-state index >= 15 is 0 Å². The molecule has 5 heteroatoms. The summed E-state index contributed by atoms with van der Waals surface area (Å²) >= 11 is 0. The molecule has 144 valence electrons. The number of aliphatic hydroxyl groups excluding tert-OH is 1. The predicted molar refractivity (Wildman–Crippen MR) is 111 cm³/mol. The highest BCUT2D eigenvalue weighted by Crippen LogP contribution is 2.40. The van der Waals surface area contributed by atoms with E-state index in [1.54, 1.807) is 0 Å². The molecule has 0 radical (unpaired) electrons. The van der Waals surface area contributed by atoms with E-state index in [4.69, 9.17) is 4.98 Å². The van der Waals surface area contributed by atoms with E-state index in [2.05, 4.69) is 28.4 Å². The summed E-state index contributed by atoms with van der Waals surface area (Å²) < 4.78 is 2.24. The second kappa shape index (κ2) is 6.49. The minimum Gasteiger partial charge on any atom is -0.396 e. The molecular weight excluding hydrogens is 348 g/mol. The number of anilines is 1. The smallest absolute Gasteiger partial charge is 0.157 e. The molecule has 0 saturated carbocycles. The summed E-state index contributed by atoms with van der Waals surface area (Å²) in [6.45, 7) is 4.28. The Morgan fingerprint density at radius 2 is 1.86 bits per heavy atom. The van der Waals surface area contributed by atoms with Gasteiger partial charge in [-0.15, -0.1) is 0 Å². The predicted octanol–water partition coefficient (Wildman–Crippen LogP) is 3.84. The van der Waals surface area contributed by atoms with Crippen LogP contribution in [0.15, 0.2) is 24.3 Å². The van der Waals surface area contributed by atoms with Crippen molar-refractivity contribution in [1.82, 2.24) is 9.38 Å². The Morgan fingerprint density at radius 3 is 2.57 bits per heavy atom. The number of piperidine rings is 1. The van der Waals surface area contributed by atoms with Crippen LogP contribution in [-0.2, 0) is 12.8 Å².